The fourth-order valence-electron chi connectivity index (χ4n) is 6.37. The van der Waals surface area contributed by atoms with Gasteiger partial charge in [-0.3, -0.25) is 14.4 Å². The van der Waals surface area contributed by atoms with Crippen molar-refractivity contribution in [3.05, 3.63) is 29.8 Å². The Morgan fingerprint density at radius 2 is 1.61 bits per heavy atom. The lowest BCUT2D eigenvalue weighted by Crippen LogP contribution is -2.48. The molecule has 0 aromatic heterocycles. The van der Waals surface area contributed by atoms with Crippen molar-refractivity contribution >= 4 is 23.3 Å². The fraction of sp³-hybridized carbons (Fsp3) is 0.609. The van der Waals surface area contributed by atoms with Gasteiger partial charge < -0.3 is 9.64 Å². The molecule has 0 N–H and O–H groups in total. The standard InChI is InChI=1S/C23H27NO4/c25-20(16-3-5-19(6-4-16)24-7-1-2-21(24)26)13-28-23(27)22-17-9-14-8-15(11-17)12-18(22)10-14/h3-6,14-15,17-18,22H,1-2,7-13H2. The van der Waals surface area contributed by atoms with Crippen LogP contribution in [0.2, 0.25) is 0 Å². The van der Waals surface area contributed by atoms with Crippen molar-refractivity contribution in [3.8, 4) is 0 Å². The summed E-state index contributed by atoms with van der Waals surface area (Å²) in [5.74, 6) is 2.35. The van der Waals surface area contributed by atoms with Crippen LogP contribution in [0.5, 0.6) is 0 Å². The zero-order valence-electron chi connectivity index (χ0n) is 16.1. The maximum absolute atomic E-state index is 12.7. The molecule has 1 saturated heterocycles. The van der Waals surface area contributed by atoms with E-state index >= 15 is 0 Å². The molecule has 5 heteroatoms. The largest absolute Gasteiger partial charge is 0.457 e. The maximum atomic E-state index is 12.7. The first-order valence-electron chi connectivity index (χ1n) is 10.7. The Balaban J connectivity index is 1.18. The van der Waals surface area contributed by atoms with Gasteiger partial charge in [-0.25, -0.2) is 0 Å². The van der Waals surface area contributed by atoms with Crippen molar-refractivity contribution in [1.82, 2.24) is 0 Å². The number of hydrogen-bond acceptors (Lipinski definition) is 4. The molecule has 5 aliphatic rings. The van der Waals surface area contributed by atoms with Gasteiger partial charge in [0, 0.05) is 24.2 Å². The highest BCUT2D eigenvalue weighted by Crippen LogP contribution is 2.56. The maximum Gasteiger partial charge on any atom is 0.309 e. The monoisotopic (exact) mass is 381 g/mol. The van der Waals surface area contributed by atoms with Gasteiger partial charge in [-0.05, 0) is 86.5 Å². The minimum atomic E-state index is -0.191. The minimum absolute atomic E-state index is 0.00385. The molecule has 1 aromatic rings. The van der Waals surface area contributed by atoms with Gasteiger partial charge in [0.25, 0.3) is 0 Å². The first-order chi connectivity index (χ1) is 13.6. The first-order valence-corrected chi connectivity index (χ1v) is 10.7. The number of ether oxygens (including phenoxy) is 1. The van der Waals surface area contributed by atoms with Crippen molar-refractivity contribution < 1.29 is 19.1 Å². The molecule has 0 radical (unpaired) electrons. The summed E-state index contributed by atoms with van der Waals surface area (Å²) in [4.78, 5) is 38.8. The van der Waals surface area contributed by atoms with Crippen molar-refractivity contribution in [3.63, 3.8) is 0 Å². The van der Waals surface area contributed by atoms with Crippen LogP contribution in [0, 0.1) is 29.6 Å². The normalized spacial score (nSPS) is 33.4. The van der Waals surface area contributed by atoms with Crippen LogP contribution in [0.4, 0.5) is 5.69 Å². The smallest absolute Gasteiger partial charge is 0.309 e. The summed E-state index contributed by atoms with van der Waals surface area (Å²) in [7, 11) is 0. The summed E-state index contributed by atoms with van der Waals surface area (Å²) in [6.07, 6.45) is 7.47. The Labute approximate surface area is 165 Å². The molecule has 28 heavy (non-hydrogen) atoms. The average molecular weight is 381 g/mol. The number of nitrogens with zero attached hydrogens (tertiary/aromatic N) is 1. The third kappa shape index (κ3) is 3.15. The molecule has 0 unspecified atom stereocenters. The van der Waals surface area contributed by atoms with Crippen molar-refractivity contribution in [2.24, 2.45) is 29.6 Å². The van der Waals surface area contributed by atoms with E-state index in [9.17, 15) is 14.4 Å². The molecule has 1 aromatic carbocycles. The van der Waals surface area contributed by atoms with Crippen LogP contribution in [-0.4, -0.2) is 30.8 Å². The Kier molecular flexibility index (Phi) is 4.48. The molecule has 4 bridgehead atoms. The molecule has 0 spiro atoms. The highest BCUT2D eigenvalue weighted by atomic mass is 16.5. The predicted octanol–water partition coefficient (Wildman–Crippen LogP) is 3.61. The van der Waals surface area contributed by atoms with Crippen LogP contribution in [0.1, 0.15) is 55.3 Å². The van der Waals surface area contributed by atoms with E-state index in [1.165, 1.54) is 6.42 Å². The third-order valence-electron chi connectivity index (χ3n) is 7.42. The van der Waals surface area contributed by atoms with Crippen LogP contribution in [0.15, 0.2) is 24.3 Å². The molecule has 5 fully saturated rings. The second-order valence-electron chi connectivity index (χ2n) is 9.18. The van der Waals surface area contributed by atoms with E-state index in [0.29, 0.717) is 23.8 Å². The SMILES string of the molecule is O=C(COC(=O)C1C2CC3CC(C2)CC1C3)c1ccc(N2CCCC2=O)cc1. The molecule has 4 saturated carbocycles. The highest BCUT2D eigenvalue weighted by molar-refractivity contribution is 5.99. The molecular formula is C23H27NO4. The Bertz CT molecular complexity index is 771. The zero-order chi connectivity index (χ0) is 19.3. The van der Waals surface area contributed by atoms with Crippen molar-refractivity contribution in [2.75, 3.05) is 18.1 Å². The first kappa shape index (κ1) is 17.9. The number of anilines is 1. The molecule has 5 nitrogen and oxygen atoms in total. The number of ketones is 1. The van der Waals surface area contributed by atoms with Gasteiger partial charge in [0.2, 0.25) is 5.91 Å². The number of esters is 1. The van der Waals surface area contributed by atoms with E-state index in [1.807, 2.05) is 0 Å². The topological polar surface area (TPSA) is 63.7 Å². The predicted molar refractivity (Wildman–Crippen MR) is 104 cm³/mol. The number of Topliss-reactive ketones (excluding diaryl/α,β-unsaturated/α-hetero) is 1. The van der Waals surface area contributed by atoms with E-state index in [-0.39, 0.29) is 30.2 Å². The molecule has 1 amide bonds. The number of carbonyl (C=O) groups excluding carboxylic acids is 3. The second-order valence-corrected chi connectivity index (χ2v) is 9.18. The zero-order valence-corrected chi connectivity index (χ0v) is 16.1. The van der Waals surface area contributed by atoms with Gasteiger partial charge >= 0.3 is 5.97 Å². The Morgan fingerprint density at radius 3 is 2.18 bits per heavy atom. The van der Waals surface area contributed by atoms with Gasteiger partial charge in [0.05, 0.1) is 5.92 Å². The van der Waals surface area contributed by atoms with Gasteiger partial charge in [-0.15, -0.1) is 0 Å². The fourth-order valence-corrected chi connectivity index (χ4v) is 6.37. The second kappa shape index (κ2) is 7.02. The molecule has 1 heterocycles. The van der Waals surface area contributed by atoms with Gasteiger partial charge in [0.15, 0.2) is 12.4 Å². The van der Waals surface area contributed by atoms with Gasteiger partial charge in [0.1, 0.15) is 0 Å². The minimum Gasteiger partial charge on any atom is -0.457 e. The Hall–Kier alpha value is -2.17. The quantitative estimate of drug-likeness (QED) is 0.577. The molecule has 1 aliphatic heterocycles. The number of benzene rings is 1. The van der Waals surface area contributed by atoms with Crippen LogP contribution < -0.4 is 4.90 Å². The summed E-state index contributed by atoms with van der Waals surface area (Å²) in [5.41, 5.74) is 1.35. The van der Waals surface area contributed by atoms with Crippen LogP contribution in [0.25, 0.3) is 0 Å². The van der Waals surface area contributed by atoms with Crippen LogP contribution in [-0.2, 0) is 14.3 Å². The Morgan fingerprint density at radius 1 is 0.964 bits per heavy atom. The third-order valence-corrected chi connectivity index (χ3v) is 7.42. The summed E-state index contributed by atoms with van der Waals surface area (Å²) in [6, 6.07) is 7.05. The van der Waals surface area contributed by atoms with E-state index in [4.69, 9.17) is 4.74 Å². The molecule has 4 aliphatic carbocycles. The molecule has 6 rings (SSSR count). The number of amides is 1. The van der Waals surface area contributed by atoms with Crippen molar-refractivity contribution in [2.45, 2.75) is 44.9 Å². The summed E-state index contributed by atoms with van der Waals surface area (Å²) in [5, 5.41) is 0. The van der Waals surface area contributed by atoms with Crippen LogP contribution in [0.3, 0.4) is 0 Å². The highest BCUT2D eigenvalue weighted by Gasteiger charge is 2.51. The average Bonchev–Trinajstić information content (AvgIpc) is 3.11. The van der Waals surface area contributed by atoms with E-state index < -0.39 is 0 Å². The summed E-state index contributed by atoms with van der Waals surface area (Å²) >= 11 is 0. The summed E-state index contributed by atoms with van der Waals surface area (Å²) < 4.78 is 5.48. The van der Waals surface area contributed by atoms with Crippen LogP contribution >= 0.6 is 0 Å². The molecule has 148 valence electrons. The number of carbonyl (C=O) groups is 3. The lowest BCUT2D eigenvalue weighted by Gasteiger charge is -2.53. The number of hydrogen-bond donors (Lipinski definition) is 0. The number of rotatable bonds is 5. The van der Waals surface area contributed by atoms with Crippen molar-refractivity contribution in [1.29, 1.82) is 0 Å². The molecular weight excluding hydrogens is 354 g/mol. The van der Waals surface area contributed by atoms with E-state index in [1.54, 1.807) is 29.2 Å². The van der Waals surface area contributed by atoms with E-state index in [0.717, 1.165) is 56.2 Å². The van der Waals surface area contributed by atoms with Gasteiger partial charge in [-0.2, -0.15) is 0 Å². The molecule has 0 atom stereocenters. The van der Waals surface area contributed by atoms with Gasteiger partial charge in [-0.1, -0.05) is 0 Å². The lowest BCUT2D eigenvalue weighted by molar-refractivity contribution is -0.161. The summed E-state index contributed by atoms with van der Waals surface area (Å²) in [6.45, 7) is 0.540. The lowest BCUT2D eigenvalue weighted by atomic mass is 9.52. The van der Waals surface area contributed by atoms with E-state index in [2.05, 4.69) is 0 Å².